The minimum Gasteiger partial charge on any atom is -0.316 e. The Bertz CT molecular complexity index is 570. The molecule has 3 nitrogen and oxygen atoms in total. The van der Waals surface area contributed by atoms with Gasteiger partial charge in [-0.25, -0.2) is 4.39 Å². The van der Waals surface area contributed by atoms with Crippen molar-refractivity contribution < 1.29 is 4.39 Å². The number of alkyl halides is 1. The fraction of sp³-hybridized carbons (Fsp3) is 0.533. The van der Waals surface area contributed by atoms with Crippen LogP contribution in [0.15, 0.2) is 24.3 Å². The Morgan fingerprint density at radius 1 is 1.32 bits per heavy atom. The molecule has 3 rings (SSSR count). The Kier molecular flexibility index (Phi) is 3.27. The molecule has 1 aliphatic rings. The summed E-state index contributed by atoms with van der Waals surface area (Å²) in [5.41, 5.74) is 0.917. The van der Waals surface area contributed by atoms with Crippen molar-refractivity contribution in [2.24, 2.45) is 0 Å². The van der Waals surface area contributed by atoms with Crippen LogP contribution in [0.5, 0.6) is 0 Å². The Balaban J connectivity index is 1.96. The lowest BCUT2D eigenvalue weighted by atomic mass is 9.89. The Hall–Kier alpha value is -1.42. The summed E-state index contributed by atoms with van der Waals surface area (Å²) in [6, 6.07) is 8.12. The van der Waals surface area contributed by atoms with Crippen LogP contribution in [0.4, 0.5) is 4.39 Å². The maximum absolute atomic E-state index is 14.8. The lowest BCUT2D eigenvalue weighted by Crippen LogP contribution is -2.40. The first kappa shape index (κ1) is 12.6. The highest BCUT2D eigenvalue weighted by Gasteiger charge is 2.33. The van der Waals surface area contributed by atoms with Crippen molar-refractivity contribution >= 4 is 10.9 Å². The van der Waals surface area contributed by atoms with E-state index in [4.69, 9.17) is 0 Å². The van der Waals surface area contributed by atoms with Gasteiger partial charge in [-0.1, -0.05) is 18.2 Å². The fourth-order valence-electron chi connectivity index (χ4n) is 2.92. The van der Waals surface area contributed by atoms with Gasteiger partial charge in [0.15, 0.2) is 0 Å². The SMILES string of the molecule is CCn1nc(CC2(F)CCNCC2)c2ccccc21. The van der Waals surface area contributed by atoms with E-state index in [-0.39, 0.29) is 0 Å². The number of aryl methyl sites for hydroxylation is 1. The third kappa shape index (κ3) is 2.37. The van der Waals surface area contributed by atoms with Crippen LogP contribution in [0.25, 0.3) is 10.9 Å². The molecular weight excluding hydrogens is 241 g/mol. The molecular formula is C15H20FN3. The molecule has 19 heavy (non-hydrogen) atoms. The number of benzene rings is 1. The normalized spacial score (nSPS) is 18.8. The van der Waals surface area contributed by atoms with E-state index in [0.717, 1.165) is 36.2 Å². The first-order chi connectivity index (χ1) is 9.22. The molecule has 0 bridgehead atoms. The van der Waals surface area contributed by atoms with E-state index in [2.05, 4.69) is 23.4 Å². The predicted octanol–water partition coefficient (Wildman–Crippen LogP) is 2.69. The topological polar surface area (TPSA) is 29.9 Å². The monoisotopic (exact) mass is 261 g/mol. The van der Waals surface area contributed by atoms with Crippen molar-refractivity contribution in [1.82, 2.24) is 15.1 Å². The molecule has 1 fully saturated rings. The average Bonchev–Trinajstić information content (AvgIpc) is 2.77. The van der Waals surface area contributed by atoms with Gasteiger partial charge >= 0.3 is 0 Å². The van der Waals surface area contributed by atoms with Crippen molar-refractivity contribution in [3.63, 3.8) is 0 Å². The number of fused-ring (bicyclic) bond motifs is 1. The zero-order valence-corrected chi connectivity index (χ0v) is 11.3. The van der Waals surface area contributed by atoms with Gasteiger partial charge in [-0.05, 0) is 38.9 Å². The Morgan fingerprint density at radius 2 is 2.05 bits per heavy atom. The van der Waals surface area contributed by atoms with Gasteiger partial charge in [0, 0.05) is 18.4 Å². The summed E-state index contributed by atoms with van der Waals surface area (Å²) in [5.74, 6) is 0. The fourth-order valence-corrected chi connectivity index (χ4v) is 2.92. The molecule has 0 aliphatic carbocycles. The summed E-state index contributed by atoms with van der Waals surface area (Å²) >= 11 is 0. The number of rotatable bonds is 3. The lowest BCUT2D eigenvalue weighted by molar-refractivity contribution is 0.115. The van der Waals surface area contributed by atoms with Gasteiger partial charge in [-0.2, -0.15) is 5.10 Å². The van der Waals surface area contributed by atoms with E-state index >= 15 is 0 Å². The van der Waals surface area contributed by atoms with E-state index in [1.165, 1.54) is 0 Å². The van der Waals surface area contributed by atoms with E-state index in [9.17, 15) is 4.39 Å². The average molecular weight is 261 g/mol. The van der Waals surface area contributed by atoms with Crippen LogP contribution in [-0.2, 0) is 13.0 Å². The van der Waals surface area contributed by atoms with Gasteiger partial charge < -0.3 is 5.32 Å². The molecule has 1 aromatic heterocycles. The quantitative estimate of drug-likeness (QED) is 0.920. The first-order valence-electron chi connectivity index (χ1n) is 7.06. The largest absolute Gasteiger partial charge is 0.316 e. The summed E-state index contributed by atoms with van der Waals surface area (Å²) in [6.45, 7) is 4.42. The molecule has 0 saturated carbocycles. The zero-order chi connectivity index (χ0) is 13.3. The first-order valence-corrected chi connectivity index (χ1v) is 7.06. The third-order valence-corrected chi connectivity index (χ3v) is 4.02. The molecule has 0 unspecified atom stereocenters. The van der Waals surface area contributed by atoms with Gasteiger partial charge in [0.05, 0.1) is 11.2 Å². The number of para-hydroxylation sites is 1. The number of piperidine rings is 1. The standard InChI is InChI=1S/C15H20FN3/c1-2-19-14-6-4-3-5-12(14)13(18-19)11-15(16)7-9-17-10-8-15/h3-6,17H,2,7-11H2,1H3. The number of nitrogens with one attached hydrogen (secondary N) is 1. The number of hydrogen-bond acceptors (Lipinski definition) is 2. The van der Waals surface area contributed by atoms with Crippen LogP contribution < -0.4 is 5.32 Å². The molecule has 1 aromatic carbocycles. The van der Waals surface area contributed by atoms with Crippen LogP contribution in [0.3, 0.4) is 0 Å². The lowest BCUT2D eigenvalue weighted by Gasteiger charge is -2.29. The number of nitrogens with zero attached hydrogens (tertiary/aromatic N) is 2. The van der Waals surface area contributed by atoms with E-state index < -0.39 is 5.67 Å². The molecule has 2 heterocycles. The maximum atomic E-state index is 14.8. The number of aromatic nitrogens is 2. The molecule has 4 heteroatoms. The van der Waals surface area contributed by atoms with Crippen molar-refractivity contribution in [2.75, 3.05) is 13.1 Å². The zero-order valence-electron chi connectivity index (χ0n) is 11.3. The highest BCUT2D eigenvalue weighted by Crippen LogP contribution is 2.30. The summed E-state index contributed by atoms with van der Waals surface area (Å²) in [4.78, 5) is 0. The van der Waals surface area contributed by atoms with Crippen LogP contribution in [-0.4, -0.2) is 28.5 Å². The highest BCUT2D eigenvalue weighted by atomic mass is 19.1. The second-order valence-electron chi connectivity index (χ2n) is 5.36. The molecule has 0 spiro atoms. The smallest absolute Gasteiger partial charge is 0.119 e. The van der Waals surface area contributed by atoms with Gasteiger partial charge in [-0.3, -0.25) is 4.68 Å². The van der Waals surface area contributed by atoms with Gasteiger partial charge in [0.2, 0.25) is 0 Å². The summed E-state index contributed by atoms with van der Waals surface area (Å²) in [5, 5.41) is 8.91. The minimum atomic E-state index is -1.10. The molecule has 1 N–H and O–H groups in total. The van der Waals surface area contributed by atoms with Crippen LogP contribution >= 0.6 is 0 Å². The van der Waals surface area contributed by atoms with E-state index in [1.54, 1.807) is 0 Å². The third-order valence-electron chi connectivity index (χ3n) is 4.02. The second-order valence-corrected chi connectivity index (χ2v) is 5.36. The second kappa shape index (κ2) is 4.93. The number of halogens is 1. The van der Waals surface area contributed by atoms with Crippen molar-refractivity contribution in [2.45, 2.75) is 38.4 Å². The van der Waals surface area contributed by atoms with Gasteiger partial charge in [-0.15, -0.1) is 0 Å². The van der Waals surface area contributed by atoms with Gasteiger partial charge in [0.1, 0.15) is 5.67 Å². The molecule has 0 radical (unpaired) electrons. The molecule has 0 atom stereocenters. The summed E-state index contributed by atoms with van der Waals surface area (Å²) in [7, 11) is 0. The molecule has 102 valence electrons. The van der Waals surface area contributed by atoms with Crippen LogP contribution in [0.1, 0.15) is 25.5 Å². The van der Waals surface area contributed by atoms with Crippen molar-refractivity contribution in [1.29, 1.82) is 0 Å². The summed E-state index contributed by atoms with van der Waals surface area (Å²) < 4.78 is 16.8. The minimum absolute atomic E-state index is 0.433. The van der Waals surface area contributed by atoms with E-state index in [1.807, 2.05) is 22.9 Å². The summed E-state index contributed by atoms with van der Waals surface area (Å²) in [6.07, 6.45) is 1.60. The molecule has 1 saturated heterocycles. The Morgan fingerprint density at radius 3 is 2.79 bits per heavy atom. The molecule has 2 aromatic rings. The molecule has 0 amide bonds. The van der Waals surface area contributed by atoms with Crippen LogP contribution in [0.2, 0.25) is 0 Å². The van der Waals surface area contributed by atoms with Crippen molar-refractivity contribution in [3.05, 3.63) is 30.0 Å². The molecule has 1 aliphatic heterocycles. The Labute approximate surface area is 112 Å². The van der Waals surface area contributed by atoms with Crippen molar-refractivity contribution in [3.8, 4) is 0 Å². The maximum Gasteiger partial charge on any atom is 0.119 e. The van der Waals surface area contributed by atoms with Gasteiger partial charge in [0.25, 0.3) is 0 Å². The number of hydrogen-bond donors (Lipinski definition) is 1. The van der Waals surface area contributed by atoms with E-state index in [0.29, 0.717) is 19.3 Å². The highest BCUT2D eigenvalue weighted by molar-refractivity contribution is 5.82. The van der Waals surface area contributed by atoms with Crippen LogP contribution in [0, 0.1) is 0 Å². The predicted molar refractivity (Wildman–Crippen MR) is 75.1 cm³/mol.